The molecule has 0 spiro atoms. The van der Waals surface area contributed by atoms with E-state index in [1.54, 1.807) is 0 Å². The average Bonchev–Trinajstić information content (AvgIpc) is 2.26. The molecule has 0 bridgehead atoms. The molecule has 2 nitrogen and oxygen atoms in total. The molecule has 0 aliphatic heterocycles. The molecule has 0 radical (unpaired) electrons. The predicted octanol–water partition coefficient (Wildman–Crippen LogP) is 4.48. The molecule has 0 rings (SSSR count). The first-order valence-corrected chi connectivity index (χ1v) is 8.70. The minimum absolute atomic E-state index is 0.638. The van der Waals surface area contributed by atoms with Gasteiger partial charge in [-0.05, 0) is 40.5 Å². The molecule has 0 N–H and O–H groups in total. The van der Waals surface area contributed by atoms with Crippen molar-refractivity contribution >= 4 is 23.9 Å². The Hall–Kier alpha value is 0.620. The zero-order chi connectivity index (χ0) is 13.3. The second-order valence-corrected chi connectivity index (χ2v) is 7.24. The van der Waals surface area contributed by atoms with E-state index >= 15 is 0 Å². The third-order valence-electron chi connectivity index (χ3n) is 2.48. The van der Waals surface area contributed by atoms with Gasteiger partial charge in [-0.2, -0.15) is 0 Å². The van der Waals surface area contributed by atoms with E-state index < -0.39 is 0 Å². The first-order chi connectivity index (χ1) is 8.02. The van der Waals surface area contributed by atoms with Gasteiger partial charge in [0, 0.05) is 25.2 Å². The van der Waals surface area contributed by atoms with Crippen LogP contribution in [0.25, 0.3) is 0 Å². The van der Waals surface area contributed by atoms with Gasteiger partial charge in [0.2, 0.25) is 0 Å². The van der Waals surface area contributed by atoms with E-state index in [1.165, 1.54) is 25.9 Å². The summed E-state index contributed by atoms with van der Waals surface area (Å²) in [5.74, 6) is 0. The average molecular weight is 279 g/mol. The van der Waals surface area contributed by atoms with Crippen molar-refractivity contribution < 1.29 is 0 Å². The van der Waals surface area contributed by atoms with Crippen molar-refractivity contribution in [2.75, 3.05) is 18.2 Å². The van der Waals surface area contributed by atoms with Gasteiger partial charge in [-0.25, -0.2) is 8.61 Å². The molecule has 0 aromatic heterocycles. The largest absolute Gasteiger partial charge is 0.247 e. The Labute approximate surface area is 117 Å². The topological polar surface area (TPSA) is 6.48 Å². The number of hydrogen-bond acceptors (Lipinski definition) is 4. The van der Waals surface area contributed by atoms with Crippen LogP contribution in [0.2, 0.25) is 0 Å². The van der Waals surface area contributed by atoms with Crippen LogP contribution >= 0.6 is 23.9 Å². The van der Waals surface area contributed by atoms with Crippen LogP contribution in [0.3, 0.4) is 0 Å². The van der Waals surface area contributed by atoms with Crippen LogP contribution in [0.15, 0.2) is 0 Å². The molecule has 104 valence electrons. The Bertz CT molecular complexity index is 157. The third-order valence-corrected chi connectivity index (χ3v) is 5.19. The van der Waals surface area contributed by atoms with E-state index in [-0.39, 0.29) is 0 Å². The molecule has 0 aliphatic carbocycles. The van der Waals surface area contributed by atoms with Gasteiger partial charge >= 0.3 is 0 Å². The lowest BCUT2D eigenvalue weighted by atomic mass is 10.4. The van der Waals surface area contributed by atoms with E-state index in [4.69, 9.17) is 0 Å². The van der Waals surface area contributed by atoms with Gasteiger partial charge in [-0.15, -0.1) is 0 Å². The maximum Gasteiger partial charge on any atom is 0.0687 e. The molecular weight excluding hydrogens is 248 g/mol. The zero-order valence-corrected chi connectivity index (χ0v) is 14.0. The second-order valence-electron chi connectivity index (χ2n) is 4.84. The first kappa shape index (κ1) is 17.6. The molecule has 0 fully saturated rings. The van der Waals surface area contributed by atoms with Gasteiger partial charge in [0.1, 0.15) is 0 Å². The zero-order valence-electron chi connectivity index (χ0n) is 12.4. The van der Waals surface area contributed by atoms with E-state index in [0.717, 1.165) is 5.08 Å². The quantitative estimate of drug-likeness (QED) is 0.429. The molecular formula is C13H30N2S2. The second kappa shape index (κ2) is 10.5. The van der Waals surface area contributed by atoms with E-state index in [0.29, 0.717) is 12.1 Å². The minimum Gasteiger partial charge on any atom is -0.247 e. The maximum atomic E-state index is 2.50. The monoisotopic (exact) mass is 278 g/mol. The molecule has 0 atom stereocenters. The standard InChI is InChI=1S/C13H30N2S2/c1-7-9-14(12(3)4)16-11-17-15(10-8-2)13(5)6/h12-13H,7-11H2,1-6H3. The molecule has 0 unspecified atom stereocenters. The van der Waals surface area contributed by atoms with Crippen molar-refractivity contribution in [1.29, 1.82) is 0 Å². The van der Waals surface area contributed by atoms with Gasteiger partial charge in [0.25, 0.3) is 0 Å². The van der Waals surface area contributed by atoms with Gasteiger partial charge < -0.3 is 0 Å². The fourth-order valence-electron chi connectivity index (χ4n) is 1.54. The molecule has 0 saturated carbocycles. The Balaban J connectivity index is 3.91. The summed E-state index contributed by atoms with van der Waals surface area (Å²) in [5.41, 5.74) is 0. The summed E-state index contributed by atoms with van der Waals surface area (Å²) in [7, 11) is 0. The summed E-state index contributed by atoms with van der Waals surface area (Å²) in [4.78, 5) is 0. The fraction of sp³-hybridized carbons (Fsp3) is 1.00. The van der Waals surface area contributed by atoms with E-state index in [1.807, 2.05) is 23.9 Å². The number of hydrogen-bond donors (Lipinski definition) is 0. The number of nitrogens with zero attached hydrogens (tertiary/aromatic N) is 2. The molecule has 0 aromatic rings. The summed E-state index contributed by atoms with van der Waals surface area (Å²) in [5, 5.41) is 1.14. The predicted molar refractivity (Wildman–Crippen MR) is 84.3 cm³/mol. The van der Waals surface area contributed by atoms with Crippen LogP contribution < -0.4 is 0 Å². The smallest absolute Gasteiger partial charge is 0.0687 e. The fourth-order valence-corrected chi connectivity index (χ4v) is 4.03. The van der Waals surface area contributed by atoms with E-state index in [2.05, 4.69) is 50.2 Å². The van der Waals surface area contributed by atoms with Crippen LogP contribution in [0.1, 0.15) is 54.4 Å². The van der Waals surface area contributed by atoms with Crippen molar-refractivity contribution in [3.05, 3.63) is 0 Å². The Morgan fingerprint density at radius 3 is 1.35 bits per heavy atom. The number of rotatable bonds is 10. The Kier molecular flexibility index (Phi) is 10.9. The highest BCUT2D eigenvalue weighted by molar-refractivity contribution is 8.13. The lowest BCUT2D eigenvalue weighted by Gasteiger charge is -2.28. The minimum atomic E-state index is 0.638. The third kappa shape index (κ3) is 8.36. The lowest BCUT2D eigenvalue weighted by molar-refractivity contribution is 0.393. The molecule has 0 saturated heterocycles. The van der Waals surface area contributed by atoms with Gasteiger partial charge in [0.05, 0.1) is 5.08 Å². The maximum absolute atomic E-state index is 2.50. The van der Waals surface area contributed by atoms with Crippen molar-refractivity contribution in [2.24, 2.45) is 0 Å². The van der Waals surface area contributed by atoms with Crippen LogP contribution in [-0.2, 0) is 0 Å². The summed E-state index contributed by atoms with van der Waals surface area (Å²) in [6.45, 7) is 16.0. The highest BCUT2D eigenvalue weighted by Gasteiger charge is 2.12. The van der Waals surface area contributed by atoms with Crippen molar-refractivity contribution in [2.45, 2.75) is 66.5 Å². The molecule has 0 aliphatic rings. The SMILES string of the molecule is CCCN(SCSN(CCC)C(C)C)C(C)C. The first-order valence-electron chi connectivity index (χ1n) is 6.81. The summed E-state index contributed by atoms with van der Waals surface area (Å²) < 4.78 is 4.99. The summed E-state index contributed by atoms with van der Waals surface area (Å²) >= 11 is 3.96. The molecule has 17 heavy (non-hydrogen) atoms. The van der Waals surface area contributed by atoms with Crippen LogP contribution in [0, 0.1) is 0 Å². The molecule has 0 heterocycles. The van der Waals surface area contributed by atoms with Gasteiger partial charge in [-0.3, -0.25) is 0 Å². The van der Waals surface area contributed by atoms with Gasteiger partial charge in [0.15, 0.2) is 0 Å². The molecule has 0 aromatic carbocycles. The van der Waals surface area contributed by atoms with E-state index in [9.17, 15) is 0 Å². The highest BCUT2D eigenvalue weighted by atomic mass is 32.2. The Morgan fingerprint density at radius 1 is 0.765 bits per heavy atom. The van der Waals surface area contributed by atoms with Crippen LogP contribution in [0.4, 0.5) is 0 Å². The van der Waals surface area contributed by atoms with Crippen molar-refractivity contribution in [1.82, 2.24) is 8.61 Å². The van der Waals surface area contributed by atoms with Crippen LogP contribution in [-0.4, -0.2) is 38.9 Å². The van der Waals surface area contributed by atoms with Crippen molar-refractivity contribution in [3.63, 3.8) is 0 Å². The Morgan fingerprint density at radius 2 is 1.12 bits per heavy atom. The van der Waals surface area contributed by atoms with Crippen molar-refractivity contribution in [3.8, 4) is 0 Å². The normalized spacial score (nSPS) is 12.4. The molecule has 4 heteroatoms. The summed E-state index contributed by atoms with van der Waals surface area (Å²) in [6.07, 6.45) is 2.47. The summed E-state index contributed by atoms with van der Waals surface area (Å²) in [6, 6.07) is 1.28. The van der Waals surface area contributed by atoms with Crippen LogP contribution in [0.5, 0.6) is 0 Å². The highest BCUT2D eigenvalue weighted by Crippen LogP contribution is 2.24. The lowest BCUT2D eigenvalue weighted by Crippen LogP contribution is -2.27. The van der Waals surface area contributed by atoms with Gasteiger partial charge in [-0.1, -0.05) is 37.7 Å². The molecule has 0 amide bonds.